The van der Waals surface area contributed by atoms with Crippen LogP contribution in [0.15, 0.2) is 54.6 Å². The highest BCUT2D eigenvalue weighted by Gasteiger charge is 2.32. The highest BCUT2D eigenvalue weighted by Crippen LogP contribution is 2.32. The number of amides is 2. The molecule has 1 fully saturated rings. The van der Waals surface area contributed by atoms with E-state index in [-0.39, 0.29) is 29.7 Å². The summed E-state index contributed by atoms with van der Waals surface area (Å²) in [7, 11) is 0. The molecule has 154 valence electrons. The second-order valence-electron chi connectivity index (χ2n) is 8.11. The van der Waals surface area contributed by atoms with Crippen molar-refractivity contribution in [2.24, 2.45) is 11.8 Å². The SMILES string of the molecule is CCN(C(=O)C1CCC(C(=O)NC(C)c2ccccc2)CC1)c1cccc(C)c1. The van der Waals surface area contributed by atoms with Crippen LogP contribution in [0, 0.1) is 18.8 Å². The van der Waals surface area contributed by atoms with Crippen molar-refractivity contribution >= 4 is 17.5 Å². The van der Waals surface area contributed by atoms with Crippen molar-refractivity contribution in [3.8, 4) is 0 Å². The summed E-state index contributed by atoms with van der Waals surface area (Å²) in [5, 5.41) is 3.14. The number of nitrogens with one attached hydrogen (secondary N) is 1. The van der Waals surface area contributed by atoms with Crippen molar-refractivity contribution in [1.82, 2.24) is 5.32 Å². The van der Waals surface area contributed by atoms with Crippen LogP contribution in [0.5, 0.6) is 0 Å². The molecule has 1 aliphatic carbocycles. The molecule has 2 amide bonds. The molecular formula is C25H32N2O2. The molecule has 1 atom stereocenters. The zero-order valence-electron chi connectivity index (χ0n) is 17.7. The van der Waals surface area contributed by atoms with Gasteiger partial charge in [-0.25, -0.2) is 0 Å². The van der Waals surface area contributed by atoms with E-state index in [1.807, 2.05) is 74.2 Å². The van der Waals surface area contributed by atoms with Crippen molar-refractivity contribution < 1.29 is 9.59 Å². The molecule has 4 heteroatoms. The van der Waals surface area contributed by atoms with Gasteiger partial charge in [0.15, 0.2) is 0 Å². The third-order valence-electron chi connectivity index (χ3n) is 6.00. The normalized spacial score (nSPS) is 20.0. The summed E-state index contributed by atoms with van der Waals surface area (Å²) in [6.07, 6.45) is 3.10. The third-order valence-corrected chi connectivity index (χ3v) is 6.00. The van der Waals surface area contributed by atoms with E-state index in [4.69, 9.17) is 0 Å². The highest BCUT2D eigenvalue weighted by molar-refractivity contribution is 5.95. The van der Waals surface area contributed by atoms with Gasteiger partial charge in [0.2, 0.25) is 11.8 Å². The minimum Gasteiger partial charge on any atom is -0.349 e. The maximum atomic E-state index is 13.1. The first-order chi connectivity index (χ1) is 14.0. The van der Waals surface area contributed by atoms with Crippen LogP contribution in [0.2, 0.25) is 0 Å². The molecule has 0 bridgehead atoms. The van der Waals surface area contributed by atoms with Gasteiger partial charge < -0.3 is 10.2 Å². The molecule has 2 aromatic rings. The quantitative estimate of drug-likeness (QED) is 0.749. The maximum Gasteiger partial charge on any atom is 0.230 e. The first-order valence-corrected chi connectivity index (χ1v) is 10.7. The molecule has 1 unspecified atom stereocenters. The number of benzene rings is 2. The van der Waals surface area contributed by atoms with Crippen LogP contribution in [0.3, 0.4) is 0 Å². The number of hydrogen-bond acceptors (Lipinski definition) is 2. The number of carbonyl (C=O) groups excluding carboxylic acids is 2. The van der Waals surface area contributed by atoms with Gasteiger partial charge in [0.25, 0.3) is 0 Å². The first kappa shape index (κ1) is 21.1. The fraction of sp³-hybridized carbons (Fsp3) is 0.440. The Labute approximate surface area is 174 Å². The largest absolute Gasteiger partial charge is 0.349 e. The van der Waals surface area contributed by atoms with Crippen LogP contribution < -0.4 is 10.2 Å². The van der Waals surface area contributed by atoms with Gasteiger partial charge in [-0.2, -0.15) is 0 Å². The number of aryl methyl sites for hydroxylation is 1. The Morgan fingerprint density at radius 1 is 1.00 bits per heavy atom. The van der Waals surface area contributed by atoms with Gasteiger partial charge in [0, 0.05) is 24.1 Å². The Bertz CT molecular complexity index is 826. The molecule has 0 saturated heterocycles. The summed E-state index contributed by atoms with van der Waals surface area (Å²) >= 11 is 0. The lowest BCUT2D eigenvalue weighted by Gasteiger charge is -2.32. The van der Waals surface area contributed by atoms with Crippen LogP contribution in [0.1, 0.15) is 56.7 Å². The monoisotopic (exact) mass is 392 g/mol. The number of hydrogen-bond donors (Lipinski definition) is 1. The van der Waals surface area contributed by atoms with Crippen molar-refractivity contribution in [3.63, 3.8) is 0 Å². The zero-order valence-corrected chi connectivity index (χ0v) is 17.7. The zero-order chi connectivity index (χ0) is 20.8. The summed E-state index contributed by atoms with van der Waals surface area (Å²) < 4.78 is 0. The van der Waals surface area contributed by atoms with Crippen molar-refractivity contribution in [1.29, 1.82) is 0 Å². The van der Waals surface area contributed by atoms with E-state index in [0.717, 1.165) is 42.5 Å². The van der Waals surface area contributed by atoms with Crippen molar-refractivity contribution in [3.05, 3.63) is 65.7 Å². The predicted octanol–water partition coefficient (Wildman–Crippen LogP) is 5.03. The molecule has 1 aliphatic rings. The van der Waals surface area contributed by atoms with Gasteiger partial charge in [0.05, 0.1) is 6.04 Å². The summed E-state index contributed by atoms with van der Waals surface area (Å²) in [6, 6.07) is 18.1. The van der Waals surface area contributed by atoms with Crippen LogP contribution in [-0.4, -0.2) is 18.4 Å². The number of rotatable bonds is 6. The van der Waals surface area contributed by atoms with Crippen LogP contribution in [0.4, 0.5) is 5.69 Å². The Balaban J connectivity index is 1.55. The van der Waals surface area contributed by atoms with Gasteiger partial charge in [-0.1, -0.05) is 42.5 Å². The molecule has 1 N–H and O–H groups in total. The van der Waals surface area contributed by atoms with Crippen LogP contribution in [-0.2, 0) is 9.59 Å². The number of anilines is 1. The molecule has 0 radical (unpaired) electrons. The molecule has 0 spiro atoms. The lowest BCUT2D eigenvalue weighted by atomic mass is 9.80. The molecule has 4 nitrogen and oxygen atoms in total. The number of carbonyl (C=O) groups is 2. The molecule has 2 aromatic carbocycles. The van der Waals surface area contributed by atoms with Gasteiger partial charge >= 0.3 is 0 Å². The molecule has 29 heavy (non-hydrogen) atoms. The minimum absolute atomic E-state index is 0.0000383. The topological polar surface area (TPSA) is 49.4 Å². The first-order valence-electron chi connectivity index (χ1n) is 10.7. The van der Waals surface area contributed by atoms with Crippen LogP contribution >= 0.6 is 0 Å². The highest BCUT2D eigenvalue weighted by atomic mass is 16.2. The lowest BCUT2D eigenvalue weighted by Crippen LogP contribution is -2.40. The Morgan fingerprint density at radius 2 is 1.66 bits per heavy atom. The molecule has 1 saturated carbocycles. The molecular weight excluding hydrogens is 360 g/mol. The fourth-order valence-corrected chi connectivity index (χ4v) is 4.24. The lowest BCUT2D eigenvalue weighted by molar-refractivity contribution is -0.129. The predicted molar refractivity (Wildman–Crippen MR) is 118 cm³/mol. The molecule has 0 heterocycles. The second kappa shape index (κ2) is 9.73. The third kappa shape index (κ3) is 5.26. The summed E-state index contributed by atoms with van der Waals surface area (Å²) in [5.74, 6) is 0.304. The maximum absolute atomic E-state index is 13.1. The van der Waals surface area contributed by atoms with E-state index in [9.17, 15) is 9.59 Å². The average Bonchev–Trinajstić information content (AvgIpc) is 2.75. The van der Waals surface area contributed by atoms with E-state index in [2.05, 4.69) is 11.4 Å². The second-order valence-corrected chi connectivity index (χ2v) is 8.11. The van der Waals surface area contributed by atoms with Gasteiger partial charge in [-0.05, 0) is 69.7 Å². The van der Waals surface area contributed by atoms with Crippen LogP contribution in [0.25, 0.3) is 0 Å². The molecule has 0 aliphatic heterocycles. The van der Waals surface area contributed by atoms with Gasteiger partial charge in [-0.15, -0.1) is 0 Å². The van der Waals surface area contributed by atoms with Crippen molar-refractivity contribution in [2.75, 3.05) is 11.4 Å². The summed E-state index contributed by atoms with van der Waals surface area (Å²) in [6.45, 7) is 6.74. The average molecular weight is 393 g/mol. The van der Waals surface area contributed by atoms with E-state index < -0.39 is 0 Å². The smallest absolute Gasteiger partial charge is 0.230 e. The summed E-state index contributed by atoms with van der Waals surface area (Å²) in [5.41, 5.74) is 3.23. The van der Waals surface area contributed by atoms with Gasteiger partial charge in [-0.3, -0.25) is 9.59 Å². The Hall–Kier alpha value is -2.62. The van der Waals surface area contributed by atoms with Crippen molar-refractivity contribution in [2.45, 2.75) is 52.5 Å². The molecule has 3 rings (SSSR count). The molecule has 0 aromatic heterocycles. The van der Waals surface area contributed by atoms with E-state index >= 15 is 0 Å². The van der Waals surface area contributed by atoms with E-state index in [0.29, 0.717) is 6.54 Å². The Morgan fingerprint density at radius 3 is 2.28 bits per heavy atom. The fourth-order valence-electron chi connectivity index (χ4n) is 4.24. The van der Waals surface area contributed by atoms with Gasteiger partial charge in [0.1, 0.15) is 0 Å². The minimum atomic E-state index is -0.000687. The summed E-state index contributed by atoms with van der Waals surface area (Å²) in [4.78, 5) is 27.7. The Kier molecular flexibility index (Phi) is 7.08. The number of nitrogens with zero attached hydrogens (tertiary/aromatic N) is 1. The van der Waals surface area contributed by atoms with E-state index in [1.54, 1.807) is 0 Å². The van der Waals surface area contributed by atoms with E-state index in [1.165, 1.54) is 0 Å². The standard InChI is InChI=1S/C25H32N2O2/c1-4-27(23-12-8-9-18(2)17-23)25(29)22-15-13-21(14-16-22)24(28)26-19(3)20-10-6-5-7-11-20/h5-12,17,19,21-22H,4,13-16H2,1-3H3,(H,26,28).